The highest BCUT2D eigenvalue weighted by Gasteiger charge is 2.26. The summed E-state index contributed by atoms with van der Waals surface area (Å²) in [5.41, 5.74) is 0.227. The standard InChI is InChI=1S/C13H18ClFN2O2S/c1-4-6-17(3)20(18,19)12-8-11(14)7-10(13(12)15)9-16-5-2/h4,7-8,16H,1,5-6,9H2,2-3H3. The summed E-state index contributed by atoms with van der Waals surface area (Å²) >= 11 is 5.89. The minimum atomic E-state index is -3.93. The lowest BCUT2D eigenvalue weighted by molar-refractivity contribution is 0.486. The second kappa shape index (κ2) is 7.17. The van der Waals surface area contributed by atoms with Gasteiger partial charge in [0.15, 0.2) is 0 Å². The van der Waals surface area contributed by atoms with Gasteiger partial charge < -0.3 is 5.32 Å². The summed E-state index contributed by atoms with van der Waals surface area (Å²) < 4.78 is 39.9. The van der Waals surface area contributed by atoms with Crippen LogP contribution in [-0.2, 0) is 16.6 Å². The van der Waals surface area contributed by atoms with Gasteiger partial charge in [0.25, 0.3) is 0 Å². The largest absolute Gasteiger partial charge is 0.313 e. The second-order valence-electron chi connectivity index (χ2n) is 4.23. The molecule has 0 saturated carbocycles. The highest BCUT2D eigenvalue weighted by Crippen LogP contribution is 2.25. The fourth-order valence-electron chi connectivity index (χ4n) is 1.64. The number of hydrogen-bond donors (Lipinski definition) is 1. The summed E-state index contributed by atoms with van der Waals surface area (Å²) in [6.07, 6.45) is 1.43. The molecule has 0 aliphatic heterocycles. The van der Waals surface area contributed by atoms with E-state index in [1.807, 2.05) is 6.92 Å². The van der Waals surface area contributed by atoms with E-state index in [2.05, 4.69) is 11.9 Å². The van der Waals surface area contributed by atoms with Crippen LogP contribution in [0, 0.1) is 5.82 Å². The Bertz CT molecular complexity index is 590. The molecule has 4 nitrogen and oxygen atoms in total. The van der Waals surface area contributed by atoms with E-state index in [1.54, 1.807) is 0 Å². The summed E-state index contributed by atoms with van der Waals surface area (Å²) in [6.45, 7) is 6.30. The van der Waals surface area contributed by atoms with Crippen molar-refractivity contribution >= 4 is 21.6 Å². The molecular formula is C13H18ClFN2O2S. The molecule has 0 spiro atoms. The zero-order valence-corrected chi connectivity index (χ0v) is 13.1. The summed E-state index contributed by atoms with van der Waals surface area (Å²) in [6, 6.07) is 2.55. The fraction of sp³-hybridized carbons (Fsp3) is 0.385. The lowest BCUT2D eigenvalue weighted by Gasteiger charge is -2.17. The van der Waals surface area contributed by atoms with Crippen molar-refractivity contribution in [2.24, 2.45) is 0 Å². The van der Waals surface area contributed by atoms with Crippen molar-refractivity contribution in [3.05, 3.63) is 41.2 Å². The van der Waals surface area contributed by atoms with E-state index in [1.165, 1.54) is 19.2 Å². The molecule has 0 aliphatic rings. The molecule has 112 valence electrons. The van der Waals surface area contributed by atoms with Gasteiger partial charge in [-0.25, -0.2) is 12.8 Å². The van der Waals surface area contributed by atoms with Gasteiger partial charge in [0, 0.05) is 30.7 Å². The van der Waals surface area contributed by atoms with Crippen molar-refractivity contribution < 1.29 is 12.8 Å². The van der Waals surface area contributed by atoms with Crippen LogP contribution in [0.4, 0.5) is 4.39 Å². The number of hydrogen-bond acceptors (Lipinski definition) is 3. The van der Waals surface area contributed by atoms with Crippen molar-refractivity contribution in [1.29, 1.82) is 0 Å². The van der Waals surface area contributed by atoms with Gasteiger partial charge >= 0.3 is 0 Å². The van der Waals surface area contributed by atoms with Crippen LogP contribution < -0.4 is 5.32 Å². The Balaban J connectivity index is 3.30. The molecule has 0 aliphatic carbocycles. The number of halogens is 2. The molecule has 1 N–H and O–H groups in total. The Morgan fingerprint density at radius 3 is 2.70 bits per heavy atom. The molecule has 1 rings (SSSR count). The van der Waals surface area contributed by atoms with Crippen molar-refractivity contribution in [2.75, 3.05) is 20.1 Å². The molecule has 0 fully saturated rings. The lowest BCUT2D eigenvalue weighted by atomic mass is 10.2. The number of sulfonamides is 1. The Hall–Kier alpha value is -0.950. The van der Waals surface area contributed by atoms with Crippen molar-refractivity contribution in [1.82, 2.24) is 9.62 Å². The smallest absolute Gasteiger partial charge is 0.246 e. The van der Waals surface area contributed by atoms with E-state index in [4.69, 9.17) is 11.6 Å². The summed E-state index contributed by atoms with van der Waals surface area (Å²) in [4.78, 5) is -0.415. The number of benzene rings is 1. The minimum absolute atomic E-state index is 0.0941. The number of likely N-dealkylation sites (N-methyl/N-ethyl adjacent to an activating group) is 1. The lowest BCUT2D eigenvalue weighted by Crippen LogP contribution is -2.28. The van der Waals surface area contributed by atoms with E-state index < -0.39 is 20.7 Å². The molecule has 0 heterocycles. The minimum Gasteiger partial charge on any atom is -0.313 e. The first-order valence-electron chi connectivity index (χ1n) is 6.10. The van der Waals surface area contributed by atoms with Crippen LogP contribution in [0.15, 0.2) is 29.7 Å². The maximum absolute atomic E-state index is 14.3. The van der Waals surface area contributed by atoms with E-state index in [9.17, 15) is 12.8 Å². The third-order valence-corrected chi connectivity index (χ3v) is 4.76. The van der Waals surface area contributed by atoms with Gasteiger partial charge in [-0.3, -0.25) is 0 Å². The topological polar surface area (TPSA) is 49.4 Å². The summed E-state index contributed by atoms with van der Waals surface area (Å²) in [5.74, 6) is -0.772. The van der Waals surface area contributed by atoms with Gasteiger partial charge in [0.2, 0.25) is 10.0 Å². The van der Waals surface area contributed by atoms with Crippen LogP contribution in [0.5, 0.6) is 0 Å². The van der Waals surface area contributed by atoms with Crippen LogP contribution in [0.3, 0.4) is 0 Å². The third kappa shape index (κ3) is 3.79. The second-order valence-corrected chi connectivity index (χ2v) is 6.68. The average molecular weight is 321 g/mol. The quantitative estimate of drug-likeness (QED) is 0.785. The number of nitrogens with zero attached hydrogens (tertiary/aromatic N) is 1. The van der Waals surface area contributed by atoms with E-state index >= 15 is 0 Å². The first-order chi connectivity index (χ1) is 9.34. The molecule has 7 heteroatoms. The van der Waals surface area contributed by atoms with E-state index in [0.717, 1.165) is 10.4 Å². The van der Waals surface area contributed by atoms with Gasteiger partial charge in [-0.15, -0.1) is 6.58 Å². The molecule has 20 heavy (non-hydrogen) atoms. The highest BCUT2D eigenvalue weighted by molar-refractivity contribution is 7.89. The van der Waals surface area contributed by atoms with Crippen molar-refractivity contribution in [2.45, 2.75) is 18.4 Å². The molecule has 0 aromatic heterocycles. The molecule has 0 radical (unpaired) electrons. The number of rotatable bonds is 7. The van der Waals surface area contributed by atoms with Gasteiger partial charge in [-0.05, 0) is 18.7 Å². The monoisotopic (exact) mass is 320 g/mol. The maximum Gasteiger partial charge on any atom is 0.246 e. The summed E-state index contributed by atoms with van der Waals surface area (Å²) in [7, 11) is -2.56. The van der Waals surface area contributed by atoms with Gasteiger partial charge in [-0.1, -0.05) is 24.6 Å². The van der Waals surface area contributed by atoms with Crippen LogP contribution in [-0.4, -0.2) is 32.9 Å². The first kappa shape index (κ1) is 17.1. The Morgan fingerprint density at radius 1 is 1.50 bits per heavy atom. The first-order valence-corrected chi connectivity index (χ1v) is 7.92. The van der Waals surface area contributed by atoms with E-state index in [0.29, 0.717) is 6.54 Å². The van der Waals surface area contributed by atoms with Crippen LogP contribution >= 0.6 is 11.6 Å². The molecular weight excluding hydrogens is 303 g/mol. The third-order valence-electron chi connectivity index (χ3n) is 2.72. The normalized spacial score (nSPS) is 11.8. The average Bonchev–Trinajstić information content (AvgIpc) is 2.39. The molecule has 0 unspecified atom stereocenters. The zero-order chi connectivity index (χ0) is 15.3. The highest BCUT2D eigenvalue weighted by atomic mass is 35.5. The molecule has 0 atom stereocenters. The predicted octanol–water partition coefficient (Wildman–Crippen LogP) is 2.40. The molecule has 0 bridgehead atoms. The molecule has 1 aromatic rings. The van der Waals surface area contributed by atoms with Crippen LogP contribution in [0.2, 0.25) is 5.02 Å². The Kier molecular flexibility index (Phi) is 6.13. The molecule has 1 aromatic carbocycles. The van der Waals surface area contributed by atoms with Gasteiger partial charge in [-0.2, -0.15) is 4.31 Å². The van der Waals surface area contributed by atoms with Gasteiger partial charge in [0.1, 0.15) is 10.7 Å². The van der Waals surface area contributed by atoms with E-state index in [-0.39, 0.29) is 23.7 Å². The van der Waals surface area contributed by atoms with Gasteiger partial charge in [0.05, 0.1) is 0 Å². The fourth-order valence-corrected chi connectivity index (χ4v) is 3.22. The molecule has 0 saturated heterocycles. The zero-order valence-electron chi connectivity index (χ0n) is 11.5. The Morgan fingerprint density at radius 2 is 2.15 bits per heavy atom. The summed E-state index contributed by atoms with van der Waals surface area (Å²) in [5, 5.41) is 3.13. The molecule has 0 amide bonds. The maximum atomic E-state index is 14.3. The van der Waals surface area contributed by atoms with Crippen molar-refractivity contribution in [3.8, 4) is 0 Å². The van der Waals surface area contributed by atoms with Crippen LogP contribution in [0.25, 0.3) is 0 Å². The SMILES string of the molecule is C=CCN(C)S(=O)(=O)c1cc(Cl)cc(CNCC)c1F. The Labute approximate surface area is 124 Å². The predicted molar refractivity (Wildman–Crippen MR) is 78.8 cm³/mol. The van der Waals surface area contributed by atoms with Crippen molar-refractivity contribution in [3.63, 3.8) is 0 Å². The van der Waals surface area contributed by atoms with Crippen LogP contribution in [0.1, 0.15) is 12.5 Å². The number of nitrogens with one attached hydrogen (secondary N) is 1.